The summed E-state index contributed by atoms with van der Waals surface area (Å²) in [6, 6.07) is 0.0635. The molecule has 0 bridgehead atoms. The van der Waals surface area contributed by atoms with Crippen LogP contribution in [0.15, 0.2) is 0 Å². The molecule has 0 aliphatic heterocycles. The fourth-order valence-electron chi connectivity index (χ4n) is 1.38. The molecule has 3 nitrogen and oxygen atoms in total. The Morgan fingerprint density at radius 2 is 2.20 bits per heavy atom. The standard InChI is InChI=1S/C7H13NO2/c1-7(2)4(6(9)10)3-5(7)8/h4-5H,3,8H2,1-2H3,(H,9,10)/t4-,5?/m1/s1. The van der Waals surface area contributed by atoms with Gasteiger partial charge in [-0.1, -0.05) is 13.8 Å². The third-order valence-corrected chi connectivity index (χ3v) is 2.64. The van der Waals surface area contributed by atoms with Gasteiger partial charge in [-0.15, -0.1) is 0 Å². The molecule has 0 heterocycles. The van der Waals surface area contributed by atoms with Gasteiger partial charge in [0, 0.05) is 6.04 Å². The van der Waals surface area contributed by atoms with Gasteiger partial charge in [-0.05, 0) is 11.8 Å². The molecule has 1 fully saturated rings. The predicted molar refractivity (Wildman–Crippen MR) is 37.5 cm³/mol. The van der Waals surface area contributed by atoms with E-state index in [4.69, 9.17) is 10.8 Å². The van der Waals surface area contributed by atoms with E-state index < -0.39 is 5.97 Å². The highest BCUT2D eigenvalue weighted by Crippen LogP contribution is 2.44. The van der Waals surface area contributed by atoms with Crippen molar-refractivity contribution < 1.29 is 9.90 Å². The minimum atomic E-state index is -0.716. The topological polar surface area (TPSA) is 63.3 Å². The van der Waals surface area contributed by atoms with Crippen molar-refractivity contribution in [2.24, 2.45) is 17.1 Å². The first-order chi connectivity index (χ1) is 4.46. The molecule has 2 atom stereocenters. The maximum atomic E-state index is 10.5. The van der Waals surface area contributed by atoms with Gasteiger partial charge in [0.15, 0.2) is 0 Å². The maximum Gasteiger partial charge on any atom is 0.307 e. The van der Waals surface area contributed by atoms with Crippen LogP contribution in [0.2, 0.25) is 0 Å². The zero-order valence-electron chi connectivity index (χ0n) is 6.29. The van der Waals surface area contributed by atoms with Crippen LogP contribution in [0.3, 0.4) is 0 Å². The maximum absolute atomic E-state index is 10.5. The van der Waals surface area contributed by atoms with Crippen LogP contribution in [0.1, 0.15) is 20.3 Å². The van der Waals surface area contributed by atoms with Crippen molar-refractivity contribution >= 4 is 5.97 Å². The molecule has 0 amide bonds. The summed E-state index contributed by atoms with van der Waals surface area (Å²) in [5.41, 5.74) is 5.42. The Hall–Kier alpha value is -0.570. The van der Waals surface area contributed by atoms with Gasteiger partial charge in [-0.3, -0.25) is 4.79 Å². The molecule has 1 unspecified atom stereocenters. The average Bonchev–Trinajstić information content (AvgIpc) is 1.82. The predicted octanol–water partition coefficient (Wildman–Crippen LogP) is 0.444. The third-order valence-electron chi connectivity index (χ3n) is 2.64. The summed E-state index contributed by atoms with van der Waals surface area (Å²) in [4.78, 5) is 10.5. The minimum Gasteiger partial charge on any atom is -0.481 e. The summed E-state index contributed by atoms with van der Waals surface area (Å²) in [6.07, 6.45) is 0.627. The molecule has 58 valence electrons. The molecule has 0 spiro atoms. The molecule has 0 aromatic rings. The van der Waals surface area contributed by atoms with Crippen LogP contribution in [-0.2, 0) is 4.79 Å². The number of aliphatic carboxylic acids is 1. The van der Waals surface area contributed by atoms with Crippen molar-refractivity contribution in [3.05, 3.63) is 0 Å². The van der Waals surface area contributed by atoms with Crippen LogP contribution < -0.4 is 5.73 Å². The van der Waals surface area contributed by atoms with E-state index in [0.29, 0.717) is 6.42 Å². The molecule has 1 aliphatic carbocycles. The van der Waals surface area contributed by atoms with Gasteiger partial charge in [0.1, 0.15) is 0 Å². The van der Waals surface area contributed by atoms with Crippen LogP contribution in [0, 0.1) is 11.3 Å². The van der Waals surface area contributed by atoms with Crippen molar-refractivity contribution in [1.82, 2.24) is 0 Å². The lowest BCUT2D eigenvalue weighted by Crippen LogP contribution is -2.57. The molecule has 10 heavy (non-hydrogen) atoms. The van der Waals surface area contributed by atoms with Crippen molar-refractivity contribution in [1.29, 1.82) is 0 Å². The SMILES string of the molecule is CC1(C)C(N)C[C@@H]1C(=O)O. The summed E-state index contributed by atoms with van der Waals surface area (Å²) in [7, 11) is 0. The van der Waals surface area contributed by atoms with E-state index in [1.165, 1.54) is 0 Å². The minimum absolute atomic E-state index is 0.0635. The molecule has 0 aromatic carbocycles. The lowest BCUT2D eigenvalue weighted by Gasteiger charge is -2.47. The Bertz CT molecular complexity index is 165. The quantitative estimate of drug-likeness (QED) is 0.560. The number of hydrogen-bond donors (Lipinski definition) is 2. The Morgan fingerprint density at radius 1 is 1.70 bits per heavy atom. The Labute approximate surface area is 60.2 Å². The smallest absolute Gasteiger partial charge is 0.307 e. The van der Waals surface area contributed by atoms with E-state index >= 15 is 0 Å². The average molecular weight is 143 g/mol. The number of carboxylic acids is 1. The van der Waals surface area contributed by atoms with Gasteiger partial charge >= 0.3 is 5.97 Å². The van der Waals surface area contributed by atoms with Crippen molar-refractivity contribution in [2.45, 2.75) is 26.3 Å². The van der Waals surface area contributed by atoms with Crippen LogP contribution in [-0.4, -0.2) is 17.1 Å². The molecular weight excluding hydrogens is 130 g/mol. The zero-order valence-corrected chi connectivity index (χ0v) is 6.29. The molecule has 0 radical (unpaired) electrons. The van der Waals surface area contributed by atoms with Gasteiger partial charge in [0.2, 0.25) is 0 Å². The van der Waals surface area contributed by atoms with Gasteiger partial charge < -0.3 is 10.8 Å². The first kappa shape index (κ1) is 7.54. The lowest BCUT2D eigenvalue weighted by molar-refractivity contribution is -0.153. The Kier molecular flexibility index (Phi) is 1.47. The van der Waals surface area contributed by atoms with Gasteiger partial charge in [-0.2, -0.15) is 0 Å². The van der Waals surface area contributed by atoms with E-state index in [9.17, 15) is 4.79 Å². The fourth-order valence-corrected chi connectivity index (χ4v) is 1.38. The molecule has 1 aliphatic rings. The van der Waals surface area contributed by atoms with E-state index in [2.05, 4.69) is 0 Å². The highest BCUT2D eigenvalue weighted by Gasteiger charge is 2.49. The van der Waals surface area contributed by atoms with Crippen molar-refractivity contribution in [2.75, 3.05) is 0 Å². The first-order valence-corrected chi connectivity index (χ1v) is 3.44. The number of carboxylic acid groups (broad SMARTS) is 1. The molecule has 3 N–H and O–H groups in total. The molecule has 3 heteroatoms. The van der Waals surface area contributed by atoms with E-state index in [0.717, 1.165) is 0 Å². The van der Waals surface area contributed by atoms with Crippen LogP contribution in [0.25, 0.3) is 0 Å². The summed E-state index contributed by atoms with van der Waals surface area (Å²) in [5, 5.41) is 8.63. The highest BCUT2D eigenvalue weighted by atomic mass is 16.4. The molecule has 1 rings (SSSR count). The van der Waals surface area contributed by atoms with Crippen LogP contribution in [0.5, 0.6) is 0 Å². The molecule has 0 aromatic heterocycles. The molecular formula is C7H13NO2. The van der Waals surface area contributed by atoms with Gasteiger partial charge in [0.05, 0.1) is 5.92 Å². The molecule has 0 saturated heterocycles. The second-order valence-electron chi connectivity index (χ2n) is 3.55. The third kappa shape index (κ3) is 0.814. The number of carbonyl (C=O) groups is 1. The first-order valence-electron chi connectivity index (χ1n) is 3.44. The zero-order chi connectivity index (χ0) is 7.94. The second-order valence-corrected chi connectivity index (χ2v) is 3.55. The highest BCUT2D eigenvalue weighted by molar-refractivity contribution is 5.72. The molecule has 1 saturated carbocycles. The van der Waals surface area contributed by atoms with Gasteiger partial charge in [-0.25, -0.2) is 0 Å². The number of rotatable bonds is 1. The number of nitrogens with two attached hydrogens (primary N) is 1. The monoisotopic (exact) mass is 143 g/mol. The van der Waals surface area contributed by atoms with Crippen LogP contribution >= 0.6 is 0 Å². The summed E-state index contributed by atoms with van der Waals surface area (Å²) in [6.45, 7) is 3.81. The Balaban J connectivity index is 2.63. The van der Waals surface area contributed by atoms with E-state index in [-0.39, 0.29) is 17.4 Å². The fraction of sp³-hybridized carbons (Fsp3) is 0.857. The largest absolute Gasteiger partial charge is 0.481 e. The van der Waals surface area contributed by atoms with E-state index in [1.54, 1.807) is 0 Å². The number of hydrogen-bond acceptors (Lipinski definition) is 2. The summed E-state index contributed by atoms with van der Waals surface area (Å²) >= 11 is 0. The Morgan fingerprint density at radius 3 is 2.30 bits per heavy atom. The van der Waals surface area contributed by atoms with E-state index in [1.807, 2.05) is 13.8 Å². The summed E-state index contributed by atoms with van der Waals surface area (Å²) < 4.78 is 0. The van der Waals surface area contributed by atoms with Crippen molar-refractivity contribution in [3.63, 3.8) is 0 Å². The summed E-state index contributed by atoms with van der Waals surface area (Å²) in [5.74, 6) is -0.950. The lowest BCUT2D eigenvalue weighted by atomic mass is 9.59. The normalized spacial score (nSPS) is 36.7. The van der Waals surface area contributed by atoms with Crippen LogP contribution in [0.4, 0.5) is 0 Å². The van der Waals surface area contributed by atoms with Crippen molar-refractivity contribution in [3.8, 4) is 0 Å². The second kappa shape index (κ2) is 1.95. The van der Waals surface area contributed by atoms with Gasteiger partial charge in [0.25, 0.3) is 0 Å².